The Bertz CT molecular complexity index is 519. The molecule has 0 amide bonds. The van der Waals surface area contributed by atoms with Gasteiger partial charge in [-0.25, -0.2) is 4.79 Å². The van der Waals surface area contributed by atoms with Gasteiger partial charge in [0.25, 0.3) is 0 Å². The zero-order valence-electron chi connectivity index (χ0n) is 8.40. The molecular formula is C12H10BrNO2. The highest BCUT2D eigenvalue weighted by Crippen LogP contribution is 2.15. The molecule has 0 aliphatic carbocycles. The summed E-state index contributed by atoms with van der Waals surface area (Å²) >= 11 is 3.40. The van der Waals surface area contributed by atoms with Gasteiger partial charge in [0.15, 0.2) is 0 Å². The predicted molar refractivity (Wildman–Crippen MR) is 64.7 cm³/mol. The van der Waals surface area contributed by atoms with Crippen molar-refractivity contribution in [1.29, 1.82) is 0 Å². The largest absolute Gasteiger partial charge is 0.477 e. The third-order valence-corrected chi connectivity index (χ3v) is 2.76. The summed E-state index contributed by atoms with van der Waals surface area (Å²) in [7, 11) is 0. The first kappa shape index (κ1) is 11.0. The summed E-state index contributed by atoms with van der Waals surface area (Å²) < 4.78 is 1.03. The second-order valence-corrected chi connectivity index (χ2v) is 4.45. The lowest BCUT2D eigenvalue weighted by Gasteiger charge is -1.99. The van der Waals surface area contributed by atoms with E-state index in [-0.39, 0.29) is 5.69 Å². The molecule has 2 rings (SSSR count). The average Bonchev–Trinajstić information content (AvgIpc) is 2.66. The van der Waals surface area contributed by atoms with Gasteiger partial charge in [0.05, 0.1) is 0 Å². The van der Waals surface area contributed by atoms with Crippen molar-refractivity contribution in [2.45, 2.75) is 6.42 Å². The molecule has 0 atom stereocenters. The van der Waals surface area contributed by atoms with Gasteiger partial charge in [0.1, 0.15) is 5.69 Å². The third kappa shape index (κ3) is 2.52. The summed E-state index contributed by atoms with van der Waals surface area (Å²) in [6.45, 7) is 0. The number of aromatic carboxylic acids is 1. The summed E-state index contributed by atoms with van der Waals surface area (Å²) in [5, 5.41) is 8.77. The van der Waals surface area contributed by atoms with Crippen LogP contribution in [0.2, 0.25) is 0 Å². The SMILES string of the molecule is O=C(O)c1cc(Cc2cccc(Br)c2)c[nH]1. The van der Waals surface area contributed by atoms with Crippen LogP contribution in [-0.4, -0.2) is 16.1 Å². The number of hydrogen-bond acceptors (Lipinski definition) is 1. The third-order valence-electron chi connectivity index (χ3n) is 2.27. The topological polar surface area (TPSA) is 53.1 Å². The van der Waals surface area contributed by atoms with Gasteiger partial charge in [-0.05, 0) is 35.7 Å². The van der Waals surface area contributed by atoms with Crippen molar-refractivity contribution in [2.24, 2.45) is 0 Å². The lowest BCUT2D eigenvalue weighted by Crippen LogP contribution is -1.94. The van der Waals surface area contributed by atoms with E-state index in [0.717, 1.165) is 22.0 Å². The Hall–Kier alpha value is -1.55. The van der Waals surface area contributed by atoms with E-state index >= 15 is 0 Å². The van der Waals surface area contributed by atoms with Crippen LogP contribution < -0.4 is 0 Å². The zero-order chi connectivity index (χ0) is 11.5. The number of aromatic amines is 1. The Morgan fingerprint density at radius 3 is 2.75 bits per heavy atom. The summed E-state index contributed by atoms with van der Waals surface area (Å²) in [5.74, 6) is -0.930. The number of halogens is 1. The van der Waals surface area contributed by atoms with E-state index in [4.69, 9.17) is 5.11 Å². The van der Waals surface area contributed by atoms with Crippen molar-refractivity contribution in [3.05, 3.63) is 57.8 Å². The van der Waals surface area contributed by atoms with Crippen molar-refractivity contribution in [1.82, 2.24) is 4.98 Å². The molecule has 0 aliphatic rings. The van der Waals surface area contributed by atoms with E-state index in [1.54, 1.807) is 12.3 Å². The van der Waals surface area contributed by atoms with Crippen LogP contribution in [0.1, 0.15) is 21.6 Å². The maximum Gasteiger partial charge on any atom is 0.352 e. The molecular weight excluding hydrogens is 270 g/mol. The van der Waals surface area contributed by atoms with Crippen LogP contribution in [0.5, 0.6) is 0 Å². The fourth-order valence-electron chi connectivity index (χ4n) is 1.55. The lowest BCUT2D eigenvalue weighted by atomic mass is 10.1. The van der Waals surface area contributed by atoms with Crippen LogP contribution in [0.3, 0.4) is 0 Å². The van der Waals surface area contributed by atoms with E-state index < -0.39 is 5.97 Å². The second kappa shape index (κ2) is 4.53. The van der Waals surface area contributed by atoms with Crippen molar-refractivity contribution in [3.8, 4) is 0 Å². The number of H-pyrrole nitrogens is 1. The highest BCUT2D eigenvalue weighted by molar-refractivity contribution is 9.10. The van der Waals surface area contributed by atoms with E-state index in [0.29, 0.717) is 0 Å². The Kier molecular flexibility index (Phi) is 3.10. The fourth-order valence-corrected chi connectivity index (χ4v) is 1.99. The molecule has 1 heterocycles. The molecule has 0 radical (unpaired) electrons. The molecule has 1 aromatic heterocycles. The summed E-state index contributed by atoms with van der Waals surface area (Å²) in [4.78, 5) is 13.4. The van der Waals surface area contributed by atoms with Crippen LogP contribution in [-0.2, 0) is 6.42 Å². The zero-order valence-corrected chi connectivity index (χ0v) is 9.99. The lowest BCUT2D eigenvalue weighted by molar-refractivity contribution is 0.0691. The second-order valence-electron chi connectivity index (χ2n) is 3.53. The number of carboxylic acids is 1. The van der Waals surface area contributed by atoms with Crippen molar-refractivity contribution < 1.29 is 9.90 Å². The number of hydrogen-bond donors (Lipinski definition) is 2. The van der Waals surface area contributed by atoms with Crippen LogP contribution in [0.4, 0.5) is 0 Å². The molecule has 16 heavy (non-hydrogen) atoms. The van der Waals surface area contributed by atoms with Crippen LogP contribution in [0.25, 0.3) is 0 Å². The molecule has 1 aromatic carbocycles. The summed E-state index contributed by atoms with van der Waals surface area (Å²) in [6, 6.07) is 9.61. The molecule has 3 nitrogen and oxygen atoms in total. The molecule has 0 aliphatic heterocycles. The molecule has 82 valence electrons. The van der Waals surface area contributed by atoms with Crippen LogP contribution in [0, 0.1) is 0 Å². The molecule has 2 aromatic rings. The minimum absolute atomic E-state index is 0.227. The maximum atomic E-state index is 10.7. The van der Waals surface area contributed by atoms with Gasteiger partial charge in [-0.3, -0.25) is 0 Å². The summed E-state index contributed by atoms with van der Waals surface area (Å²) in [5.41, 5.74) is 2.34. The minimum atomic E-state index is -0.930. The Morgan fingerprint density at radius 1 is 1.31 bits per heavy atom. The van der Waals surface area contributed by atoms with Crippen molar-refractivity contribution >= 4 is 21.9 Å². The van der Waals surface area contributed by atoms with E-state index in [2.05, 4.69) is 20.9 Å². The first-order valence-electron chi connectivity index (χ1n) is 4.80. The van der Waals surface area contributed by atoms with Gasteiger partial charge in [-0.15, -0.1) is 0 Å². The maximum absolute atomic E-state index is 10.7. The molecule has 0 saturated carbocycles. The Labute approximate surface area is 101 Å². The first-order valence-corrected chi connectivity index (χ1v) is 5.59. The van der Waals surface area contributed by atoms with Crippen LogP contribution in [0.15, 0.2) is 41.0 Å². The standard InChI is InChI=1S/C12H10BrNO2/c13-10-3-1-2-8(5-10)4-9-6-11(12(15)16)14-7-9/h1-3,5-7,14H,4H2,(H,15,16). The molecule has 0 spiro atoms. The number of rotatable bonds is 3. The van der Waals surface area contributed by atoms with Gasteiger partial charge in [0.2, 0.25) is 0 Å². The van der Waals surface area contributed by atoms with Gasteiger partial charge < -0.3 is 10.1 Å². The Balaban J connectivity index is 2.17. The van der Waals surface area contributed by atoms with Gasteiger partial charge in [-0.2, -0.15) is 0 Å². The molecule has 0 unspecified atom stereocenters. The molecule has 0 bridgehead atoms. The fraction of sp³-hybridized carbons (Fsp3) is 0.0833. The number of carboxylic acid groups (broad SMARTS) is 1. The van der Waals surface area contributed by atoms with Gasteiger partial charge in [-0.1, -0.05) is 28.1 Å². The molecule has 0 saturated heterocycles. The Morgan fingerprint density at radius 2 is 2.12 bits per heavy atom. The average molecular weight is 280 g/mol. The van der Waals surface area contributed by atoms with Crippen molar-refractivity contribution in [3.63, 3.8) is 0 Å². The van der Waals surface area contributed by atoms with E-state index in [1.807, 2.05) is 24.3 Å². The predicted octanol–water partition coefficient (Wildman–Crippen LogP) is 3.07. The van der Waals surface area contributed by atoms with E-state index in [9.17, 15) is 4.79 Å². The highest BCUT2D eigenvalue weighted by Gasteiger charge is 2.06. The van der Waals surface area contributed by atoms with E-state index in [1.165, 1.54) is 0 Å². The van der Waals surface area contributed by atoms with Gasteiger partial charge in [0, 0.05) is 10.7 Å². The summed E-state index contributed by atoms with van der Waals surface area (Å²) in [6.07, 6.45) is 2.45. The normalized spacial score (nSPS) is 10.3. The molecule has 0 fully saturated rings. The number of aromatic nitrogens is 1. The first-order chi connectivity index (χ1) is 7.65. The molecule has 4 heteroatoms. The quantitative estimate of drug-likeness (QED) is 0.907. The number of carbonyl (C=O) groups is 1. The van der Waals surface area contributed by atoms with Gasteiger partial charge >= 0.3 is 5.97 Å². The van der Waals surface area contributed by atoms with Crippen molar-refractivity contribution in [2.75, 3.05) is 0 Å². The highest BCUT2D eigenvalue weighted by atomic mass is 79.9. The number of benzene rings is 1. The smallest absolute Gasteiger partial charge is 0.352 e. The monoisotopic (exact) mass is 279 g/mol. The minimum Gasteiger partial charge on any atom is -0.477 e. The molecule has 2 N–H and O–H groups in total. The number of nitrogens with one attached hydrogen (secondary N) is 1. The van der Waals surface area contributed by atoms with Crippen LogP contribution >= 0.6 is 15.9 Å².